The molecule has 3 heteroatoms. The number of likely N-dealkylation sites (N-methyl/N-ethyl adjacent to an activating group) is 2. The van der Waals surface area contributed by atoms with Crippen molar-refractivity contribution in [2.75, 3.05) is 27.2 Å². The number of hydrogen-bond acceptors (Lipinski definition) is 2. The second kappa shape index (κ2) is 4.66. The Balaban J connectivity index is 1.98. The minimum Gasteiger partial charge on any atom is -0.344 e. The number of amides is 1. The van der Waals surface area contributed by atoms with Gasteiger partial charge in [0.2, 0.25) is 5.91 Å². The van der Waals surface area contributed by atoms with Crippen LogP contribution < -0.4 is 5.32 Å². The summed E-state index contributed by atoms with van der Waals surface area (Å²) in [6, 6.07) is 8.20. The zero-order chi connectivity index (χ0) is 11.5. The van der Waals surface area contributed by atoms with Crippen LogP contribution in [-0.4, -0.2) is 38.0 Å². The molecule has 2 rings (SSSR count). The zero-order valence-corrected chi connectivity index (χ0v) is 9.86. The lowest BCUT2D eigenvalue weighted by Gasteiger charge is -2.32. The van der Waals surface area contributed by atoms with E-state index in [1.54, 1.807) is 0 Å². The van der Waals surface area contributed by atoms with E-state index in [9.17, 15) is 4.79 Å². The molecule has 1 unspecified atom stereocenters. The average Bonchev–Trinajstić information content (AvgIpc) is 2.27. The van der Waals surface area contributed by atoms with Crippen molar-refractivity contribution < 1.29 is 4.79 Å². The van der Waals surface area contributed by atoms with Crippen LogP contribution in [0.3, 0.4) is 0 Å². The summed E-state index contributed by atoms with van der Waals surface area (Å²) in [6.45, 7) is 1.62. The van der Waals surface area contributed by atoms with E-state index in [0.717, 1.165) is 19.5 Å². The first-order chi connectivity index (χ1) is 7.74. The summed E-state index contributed by atoms with van der Waals surface area (Å²) in [5, 5.41) is 3.05. The van der Waals surface area contributed by atoms with Gasteiger partial charge in [-0.2, -0.15) is 0 Å². The quantitative estimate of drug-likeness (QED) is 0.818. The van der Waals surface area contributed by atoms with Crippen LogP contribution in [0.25, 0.3) is 0 Å². The summed E-state index contributed by atoms with van der Waals surface area (Å²) >= 11 is 0. The summed E-state index contributed by atoms with van der Waals surface area (Å²) in [7, 11) is 3.78. The van der Waals surface area contributed by atoms with Gasteiger partial charge in [0.15, 0.2) is 0 Å². The Bertz CT molecular complexity index is 389. The second-order valence-electron chi connectivity index (χ2n) is 4.32. The van der Waals surface area contributed by atoms with Gasteiger partial charge in [-0.25, -0.2) is 0 Å². The second-order valence-corrected chi connectivity index (χ2v) is 4.32. The fourth-order valence-corrected chi connectivity index (χ4v) is 2.13. The third kappa shape index (κ3) is 1.95. The molecule has 86 valence electrons. The van der Waals surface area contributed by atoms with Crippen LogP contribution in [0.2, 0.25) is 0 Å². The fraction of sp³-hybridized carbons (Fsp3) is 0.462. The third-order valence-electron chi connectivity index (χ3n) is 3.23. The molecule has 1 aliphatic carbocycles. The average molecular weight is 218 g/mol. The van der Waals surface area contributed by atoms with Gasteiger partial charge in [0.05, 0.1) is 5.92 Å². The van der Waals surface area contributed by atoms with Crippen LogP contribution in [0.5, 0.6) is 0 Å². The van der Waals surface area contributed by atoms with Crippen molar-refractivity contribution in [1.29, 1.82) is 0 Å². The molecule has 0 heterocycles. The first-order valence-corrected chi connectivity index (χ1v) is 5.71. The van der Waals surface area contributed by atoms with E-state index in [2.05, 4.69) is 17.4 Å². The van der Waals surface area contributed by atoms with Crippen molar-refractivity contribution >= 4 is 5.91 Å². The maximum absolute atomic E-state index is 12.1. The van der Waals surface area contributed by atoms with Crippen LogP contribution in [0.15, 0.2) is 24.3 Å². The van der Waals surface area contributed by atoms with Crippen LogP contribution in [0.4, 0.5) is 0 Å². The standard InChI is InChI=1S/C13H18N2O/c1-14-7-8-15(2)13(16)12-9-10-5-3-4-6-11(10)12/h3-6,12,14H,7-9H2,1-2H3. The zero-order valence-electron chi connectivity index (χ0n) is 9.86. The maximum Gasteiger partial charge on any atom is 0.230 e. The van der Waals surface area contributed by atoms with Gasteiger partial charge >= 0.3 is 0 Å². The molecular formula is C13H18N2O. The van der Waals surface area contributed by atoms with Crippen LogP contribution in [-0.2, 0) is 11.2 Å². The maximum atomic E-state index is 12.1. The van der Waals surface area contributed by atoms with Gasteiger partial charge in [0.25, 0.3) is 0 Å². The molecule has 0 aromatic heterocycles. The van der Waals surface area contributed by atoms with E-state index in [4.69, 9.17) is 0 Å². The Kier molecular flexibility index (Phi) is 3.25. The van der Waals surface area contributed by atoms with Gasteiger partial charge in [-0.05, 0) is 24.6 Å². The first-order valence-electron chi connectivity index (χ1n) is 5.71. The molecule has 0 aliphatic heterocycles. The molecule has 1 aliphatic rings. The van der Waals surface area contributed by atoms with E-state index in [-0.39, 0.29) is 11.8 Å². The Morgan fingerprint density at radius 1 is 1.50 bits per heavy atom. The van der Waals surface area contributed by atoms with Crippen molar-refractivity contribution in [3.05, 3.63) is 35.4 Å². The minimum absolute atomic E-state index is 0.0954. The normalized spacial score (nSPS) is 17.5. The largest absolute Gasteiger partial charge is 0.344 e. The molecule has 1 aromatic carbocycles. The summed E-state index contributed by atoms with van der Waals surface area (Å²) in [5.74, 6) is 0.340. The van der Waals surface area contributed by atoms with Crippen molar-refractivity contribution in [2.24, 2.45) is 0 Å². The topological polar surface area (TPSA) is 32.3 Å². The lowest BCUT2D eigenvalue weighted by molar-refractivity contribution is -0.132. The first kappa shape index (κ1) is 11.1. The molecule has 16 heavy (non-hydrogen) atoms. The van der Waals surface area contributed by atoms with Crippen molar-refractivity contribution in [3.63, 3.8) is 0 Å². The molecule has 0 saturated carbocycles. The van der Waals surface area contributed by atoms with E-state index in [0.29, 0.717) is 0 Å². The molecule has 1 aromatic rings. The van der Waals surface area contributed by atoms with E-state index in [1.807, 2.05) is 31.1 Å². The monoisotopic (exact) mass is 218 g/mol. The molecule has 1 N–H and O–H groups in total. The lowest BCUT2D eigenvalue weighted by Crippen LogP contribution is -2.39. The van der Waals surface area contributed by atoms with Gasteiger partial charge in [-0.1, -0.05) is 24.3 Å². The molecule has 0 radical (unpaired) electrons. The molecule has 1 atom stereocenters. The molecule has 3 nitrogen and oxygen atoms in total. The molecular weight excluding hydrogens is 200 g/mol. The molecule has 0 spiro atoms. The third-order valence-corrected chi connectivity index (χ3v) is 3.23. The number of carbonyl (C=O) groups is 1. The number of nitrogens with one attached hydrogen (secondary N) is 1. The van der Waals surface area contributed by atoms with Gasteiger partial charge in [-0.15, -0.1) is 0 Å². The predicted octanol–water partition coefficient (Wildman–Crippen LogP) is 1.00. The summed E-state index contributed by atoms with van der Waals surface area (Å²) in [5.41, 5.74) is 2.53. The van der Waals surface area contributed by atoms with Crippen molar-refractivity contribution in [1.82, 2.24) is 10.2 Å². The van der Waals surface area contributed by atoms with Crippen LogP contribution in [0, 0.1) is 0 Å². The van der Waals surface area contributed by atoms with Gasteiger partial charge in [-0.3, -0.25) is 4.79 Å². The molecule has 0 fully saturated rings. The summed E-state index contributed by atoms with van der Waals surface area (Å²) < 4.78 is 0. The molecule has 0 saturated heterocycles. The van der Waals surface area contributed by atoms with E-state index < -0.39 is 0 Å². The van der Waals surface area contributed by atoms with E-state index >= 15 is 0 Å². The minimum atomic E-state index is 0.0954. The summed E-state index contributed by atoms with van der Waals surface area (Å²) in [6.07, 6.45) is 0.902. The number of nitrogens with zero attached hydrogens (tertiary/aromatic N) is 1. The molecule has 1 amide bonds. The van der Waals surface area contributed by atoms with Crippen molar-refractivity contribution in [2.45, 2.75) is 12.3 Å². The van der Waals surface area contributed by atoms with Crippen LogP contribution in [0.1, 0.15) is 17.0 Å². The highest BCUT2D eigenvalue weighted by molar-refractivity contribution is 5.86. The Labute approximate surface area is 96.5 Å². The number of fused-ring (bicyclic) bond motifs is 1. The van der Waals surface area contributed by atoms with Gasteiger partial charge in [0.1, 0.15) is 0 Å². The number of benzene rings is 1. The highest BCUT2D eigenvalue weighted by Crippen LogP contribution is 2.35. The summed E-state index contributed by atoms with van der Waals surface area (Å²) in [4.78, 5) is 13.9. The number of carbonyl (C=O) groups excluding carboxylic acids is 1. The van der Waals surface area contributed by atoms with Crippen LogP contribution >= 0.6 is 0 Å². The Hall–Kier alpha value is -1.35. The highest BCUT2D eigenvalue weighted by atomic mass is 16.2. The Morgan fingerprint density at radius 2 is 2.25 bits per heavy atom. The lowest BCUT2D eigenvalue weighted by atomic mass is 9.77. The predicted molar refractivity (Wildman–Crippen MR) is 64.5 cm³/mol. The van der Waals surface area contributed by atoms with Gasteiger partial charge < -0.3 is 10.2 Å². The SMILES string of the molecule is CNCCN(C)C(=O)C1Cc2ccccc21. The Morgan fingerprint density at radius 3 is 2.94 bits per heavy atom. The molecule has 0 bridgehead atoms. The van der Waals surface area contributed by atoms with E-state index in [1.165, 1.54) is 11.1 Å². The fourth-order valence-electron chi connectivity index (χ4n) is 2.13. The highest BCUT2D eigenvalue weighted by Gasteiger charge is 2.33. The number of rotatable bonds is 4. The van der Waals surface area contributed by atoms with Gasteiger partial charge in [0, 0.05) is 20.1 Å². The smallest absolute Gasteiger partial charge is 0.230 e. The number of hydrogen-bond donors (Lipinski definition) is 1. The van der Waals surface area contributed by atoms with Crippen molar-refractivity contribution in [3.8, 4) is 0 Å².